The number of rotatable bonds is 4. The van der Waals surface area contributed by atoms with E-state index in [0.29, 0.717) is 24.7 Å². The number of nitrogens with zero attached hydrogens (tertiary/aromatic N) is 2. The van der Waals surface area contributed by atoms with Gasteiger partial charge < -0.3 is 20.5 Å². The molecule has 7 heteroatoms. The van der Waals surface area contributed by atoms with Crippen LogP contribution in [0.4, 0.5) is 0 Å². The molecule has 0 unspecified atom stereocenters. The van der Waals surface area contributed by atoms with E-state index in [1.165, 1.54) is 0 Å². The number of nitrogens with two attached hydrogens (primary N) is 1. The monoisotopic (exact) mass is 332 g/mol. The topological polar surface area (TPSA) is 101 Å². The number of carbonyl (C=O) groups excluding carboxylic acids is 2. The number of likely N-dealkylation sites (tertiary alicyclic amines) is 1. The molecular weight excluding hydrogens is 308 g/mol. The molecular formula is C17H24N4O3. The van der Waals surface area contributed by atoms with Crippen molar-refractivity contribution in [2.75, 3.05) is 13.1 Å². The third-order valence-corrected chi connectivity index (χ3v) is 5.41. The van der Waals surface area contributed by atoms with Crippen LogP contribution in [0, 0.1) is 5.92 Å². The lowest BCUT2D eigenvalue weighted by molar-refractivity contribution is -0.139. The summed E-state index contributed by atoms with van der Waals surface area (Å²) in [5.74, 6) is 1.43. The Bertz CT molecular complexity index is 626. The number of hydrogen-bond acceptors (Lipinski definition) is 5. The average Bonchev–Trinajstić information content (AvgIpc) is 3.29. The minimum atomic E-state index is -0.180. The van der Waals surface area contributed by atoms with Gasteiger partial charge in [-0.15, -0.1) is 0 Å². The summed E-state index contributed by atoms with van der Waals surface area (Å²) in [6.07, 6.45) is 5.42. The van der Waals surface area contributed by atoms with E-state index in [4.69, 9.17) is 10.3 Å². The van der Waals surface area contributed by atoms with Gasteiger partial charge >= 0.3 is 0 Å². The molecule has 2 heterocycles. The van der Waals surface area contributed by atoms with E-state index in [1.807, 2.05) is 4.90 Å². The van der Waals surface area contributed by atoms with Gasteiger partial charge in [0.1, 0.15) is 5.76 Å². The van der Waals surface area contributed by atoms with Gasteiger partial charge in [0.25, 0.3) is 5.91 Å². The zero-order chi connectivity index (χ0) is 16.7. The second-order valence-electron chi connectivity index (χ2n) is 7.39. The predicted molar refractivity (Wildman–Crippen MR) is 86.2 cm³/mol. The largest absolute Gasteiger partial charge is 0.360 e. The van der Waals surface area contributed by atoms with Crippen molar-refractivity contribution in [3.05, 3.63) is 17.5 Å². The number of nitrogens with one attached hydrogen (secondary N) is 1. The molecule has 24 heavy (non-hydrogen) atoms. The summed E-state index contributed by atoms with van der Waals surface area (Å²) < 4.78 is 5.23. The molecule has 0 bridgehead atoms. The molecule has 3 N–H and O–H groups in total. The first kappa shape index (κ1) is 15.6. The SMILES string of the molecule is NC1CC(C(=O)N2CCC(NC(=O)c3cc(C4CC4)on3)CC2)C1. The Balaban J connectivity index is 1.25. The molecule has 1 aliphatic heterocycles. The maximum Gasteiger partial charge on any atom is 0.273 e. The number of carbonyl (C=O) groups is 2. The Morgan fingerprint density at radius 3 is 2.54 bits per heavy atom. The molecule has 2 aliphatic carbocycles. The Morgan fingerprint density at radius 1 is 1.21 bits per heavy atom. The first-order valence-electron chi connectivity index (χ1n) is 8.92. The van der Waals surface area contributed by atoms with Crippen molar-refractivity contribution in [1.82, 2.24) is 15.4 Å². The van der Waals surface area contributed by atoms with Gasteiger partial charge in [-0.05, 0) is 38.5 Å². The van der Waals surface area contributed by atoms with Gasteiger partial charge in [-0.2, -0.15) is 0 Å². The smallest absolute Gasteiger partial charge is 0.273 e. The molecule has 0 spiro atoms. The molecule has 1 aromatic rings. The molecule has 0 aromatic carbocycles. The van der Waals surface area contributed by atoms with Crippen LogP contribution >= 0.6 is 0 Å². The number of aromatic nitrogens is 1. The number of amides is 2. The highest BCUT2D eigenvalue weighted by Gasteiger charge is 2.36. The fraction of sp³-hybridized carbons (Fsp3) is 0.706. The molecule has 2 amide bonds. The molecule has 1 aromatic heterocycles. The maximum atomic E-state index is 12.3. The highest BCUT2D eigenvalue weighted by molar-refractivity contribution is 5.92. The second kappa shape index (κ2) is 6.20. The van der Waals surface area contributed by atoms with Crippen LogP contribution in [-0.2, 0) is 4.79 Å². The van der Waals surface area contributed by atoms with Gasteiger partial charge in [0.2, 0.25) is 5.91 Å². The first-order chi connectivity index (χ1) is 11.6. The standard InChI is InChI=1S/C17H24N4O3/c18-12-7-11(8-12)17(23)21-5-3-13(4-6-21)19-16(22)14-9-15(24-20-14)10-1-2-10/h9-13H,1-8,18H2,(H,19,22). The van der Waals surface area contributed by atoms with E-state index in [9.17, 15) is 9.59 Å². The summed E-state index contributed by atoms with van der Waals surface area (Å²) >= 11 is 0. The zero-order valence-corrected chi connectivity index (χ0v) is 13.7. The number of piperidine rings is 1. The summed E-state index contributed by atoms with van der Waals surface area (Å²) in [5, 5.41) is 6.88. The van der Waals surface area contributed by atoms with Gasteiger partial charge in [-0.1, -0.05) is 5.16 Å². The molecule has 2 saturated carbocycles. The van der Waals surface area contributed by atoms with Crippen LogP contribution in [0.1, 0.15) is 60.7 Å². The Labute approximate surface area is 140 Å². The van der Waals surface area contributed by atoms with E-state index in [2.05, 4.69) is 10.5 Å². The summed E-state index contributed by atoms with van der Waals surface area (Å²) in [4.78, 5) is 26.5. The zero-order valence-electron chi connectivity index (χ0n) is 13.7. The van der Waals surface area contributed by atoms with Crippen molar-refractivity contribution in [2.45, 2.75) is 56.5 Å². The lowest BCUT2D eigenvalue weighted by atomic mass is 9.79. The molecule has 3 aliphatic rings. The van der Waals surface area contributed by atoms with E-state index in [1.54, 1.807) is 6.07 Å². The Kier molecular flexibility index (Phi) is 4.04. The summed E-state index contributed by atoms with van der Waals surface area (Å²) in [7, 11) is 0. The van der Waals surface area contributed by atoms with Crippen molar-refractivity contribution < 1.29 is 14.1 Å². The van der Waals surface area contributed by atoms with Gasteiger partial charge in [-0.25, -0.2) is 0 Å². The average molecular weight is 332 g/mol. The predicted octanol–water partition coefficient (Wildman–Crippen LogP) is 1.01. The minimum Gasteiger partial charge on any atom is -0.360 e. The van der Waals surface area contributed by atoms with Crippen LogP contribution in [0.5, 0.6) is 0 Å². The third-order valence-electron chi connectivity index (χ3n) is 5.41. The summed E-state index contributed by atoms with van der Waals surface area (Å²) in [5.41, 5.74) is 6.12. The Hall–Kier alpha value is -1.89. The van der Waals surface area contributed by atoms with Crippen LogP contribution in [-0.4, -0.2) is 47.0 Å². The first-order valence-corrected chi connectivity index (χ1v) is 8.92. The lowest BCUT2D eigenvalue weighted by Gasteiger charge is -2.38. The molecule has 4 rings (SSSR count). The van der Waals surface area contributed by atoms with Crippen LogP contribution in [0.15, 0.2) is 10.6 Å². The fourth-order valence-electron chi connectivity index (χ4n) is 3.58. The fourth-order valence-corrected chi connectivity index (χ4v) is 3.58. The normalized spacial score (nSPS) is 27.6. The number of hydrogen-bond donors (Lipinski definition) is 2. The summed E-state index contributed by atoms with van der Waals surface area (Å²) in [6.45, 7) is 1.39. The molecule has 1 saturated heterocycles. The maximum absolute atomic E-state index is 12.3. The lowest BCUT2D eigenvalue weighted by Crippen LogP contribution is -2.51. The van der Waals surface area contributed by atoms with E-state index in [0.717, 1.165) is 44.3 Å². The minimum absolute atomic E-state index is 0.0891. The quantitative estimate of drug-likeness (QED) is 0.857. The van der Waals surface area contributed by atoms with E-state index < -0.39 is 0 Å². The summed E-state index contributed by atoms with van der Waals surface area (Å²) in [6, 6.07) is 2.04. The van der Waals surface area contributed by atoms with Crippen molar-refractivity contribution in [2.24, 2.45) is 11.7 Å². The van der Waals surface area contributed by atoms with Crippen LogP contribution < -0.4 is 11.1 Å². The molecule has 7 nitrogen and oxygen atoms in total. The Morgan fingerprint density at radius 2 is 1.92 bits per heavy atom. The molecule has 3 fully saturated rings. The van der Waals surface area contributed by atoms with Gasteiger partial charge in [0.15, 0.2) is 5.69 Å². The van der Waals surface area contributed by atoms with E-state index >= 15 is 0 Å². The van der Waals surface area contributed by atoms with Crippen LogP contribution in [0.3, 0.4) is 0 Å². The van der Waals surface area contributed by atoms with Crippen LogP contribution in [0.25, 0.3) is 0 Å². The van der Waals surface area contributed by atoms with E-state index in [-0.39, 0.29) is 29.8 Å². The van der Waals surface area contributed by atoms with Crippen LogP contribution in [0.2, 0.25) is 0 Å². The van der Waals surface area contributed by atoms with Crippen molar-refractivity contribution in [3.8, 4) is 0 Å². The van der Waals surface area contributed by atoms with Crippen molar-refractivity contribution >= 4 is 11.8 Å². The van der Waals surface area contributed by atoms with Gasteiger partial charge in [0, 0.05) is 43.1 Å². The van der Waals surface area contributed by atoms with Crippen molar-refractivity contribution in [1.29, 1.82) is 0 Å². The van der Waals surface area contributed by atoms with Crippen molar-refractivity contribution in [3.63, 3.8) is 0 Å². The highest BCUT2D eigenvalue weighted by atomic mass is 16.5. The molecule has 0 atom stereocenters. The highest BCUT2D eigenvalue weighted by Crippen LogP contribution is 2.40. The van der Waals surface area contributed by atoms with Gasteiger partial charge in [0.05, 0.1) is 0 Å². The van der Waals surface area contributed by atoms with Gasteiger partial charge in [-0.3, -0.25) is 9.59 Å². The second-order valence-corrected chi connectivity index (χ2v) is 7.39. The molecule has 0 radical (unpaired) electrons. The molecule has 130 valence electrons. The third kappa shape index (κ3) is 3.17.